The normalized spacial score (nSPS) is 21.7. The van der Waals surface area contributed by atoms with Gasteiger partial charge in [-0.1, -0.05) is 0 Å². The van der Waals surface area contributed by atoms with E-state index >= 15 is 0 Å². The first-order valence-corrected chi connectivity index (χ1v) is 6.32. The fraction of sp³-hybridized carbons (Fsp3) is 1.00. The van der Waals surface area contributed by atoms with Gasteiger partial charge in [-0.25, -0.2) is 0 Å². The molecule has 17 heavy (non-hydrogen) atoms. The summed E-state index contributed by atoms with van der Waals surface area (Å²) >= 11 is 0. The van der Waals surface area contributed by atoms with E-state index in [0.717, 1.165) is 0 Å². The van der Waals surface area contributed by atoms with Crippen molar-refractivity contribution in [3.05, 3.63) is 0 Å². The summed E-state index contributed by atoms with van der Waals surface area (Å²) < 4.78 is 10.5. The van der Waals surface area contributed by atoms with Gasteiger partial charge in [-0.15, -0.1) is 0 Å². The van der Waals surface area contributed by atoms with Crippen LogP contribution in [0.1, 0.15) is 26.7 Å². The van der Waals surface area contributed by atoms with Gasteiger partial charge in [0.1, 0.15) is 0 Å². The molecule has 5 nitrogen and oxygen atoms in total. The molecule has 0 aromatic heterocycles. The summed E-state index contributed by atoms with van der Waals surface area (Å²) in [5.74, 6) is 0. The second kappa shape index (κ2) is 7.28. The smallest absolute Gasteiger partial charge is 0.0897 e. The van der Waals surface area contributed by atoms with E-state index in [1.165, 1.54) is 0 Å². The average Bonchev–Trinajstić information content (AvgIpc) is 2.27. The van der Waals surface area contributed by atoms with Crippen molar-refractivity contribution in [1.29, 1.82) is 0 Å². The van der Waals surface area contributed by atoms with Crippen molar-refractivity contribution in [3.63, 3.8) is 0 Å². The van der Waals surface area contributed by atoms with Gasteiger partial charge < -0.3 is 25.0 Å². The third kappa shape index (κ3) is 6.33. The molecule has 1 saturated heterocycles. The lowest BCUT2D eigenvalue weighted by Crippen LogP contribution is -2.47. The molecule has 0 bridgehead atoms. The van der Waals surface area contributed by atoms with Crippen molar-refractivity contribution < 1.29 is 19.7 Å². The largest absolute Gasteiger partial charge is 0.389 e. The molecule has 1 atom stereocenters. The van der Waals surface area contributed by atoms with Gasteiger partial charge in [0.2, 0.25) is 0 Å². The summed E-state index contributed by atoms with van der Waals surface area (Å²) in [6.45, 7) is 6.35. The van der Waals surface area contributed by atoms with Crippen LogP contribution in [0, 0.1) is 0 Å². The Balaban J connectivity index is 2.09. The zero-order valence-electron chi connectivity index (χ0n) is 10.8. The molecule has 0 amide bonds. The Hall–Kier alpha value is -0.200. The Morgan fingerprint density at radius 2 is 2.00 bits per heavy atom. The number of hydrogen-bond donors (Lipinski definition) is 3. The van der Waals surface area contributed by atoms with Crippen LogP contribution in [-0.4, -0.2) is 60.9 Å². The van der Waals surface area contributed by atoms with E-state index in [9.17, 15) is 10.2 Å². The van der Waals surface area contributed by atoms with Crippen LogP contribution in [0.15, 0.2) is 0 Å². The zero-order chi connectivity index (χ0) is 12.7. The highest BCUT2D eigenvalue weighted by molar-refractivity contribution is 4.83. The van der Waals surface area contributed by atoms with Crippen molar-refractivity contribution in [1.82, 2.24) is 5.32 Å². The summed E-state index contributed by atoms with van der Waals surface area (Å²) in [5, 5.41) is 22.8. The van der Waals surface area contributed by atoms with Crippen molar-refractivity contribution in [2.45, 2.75) is 44.5 Å². The van der Waals surface area contributed by atoms with Crippen LogP contribution in [0.3, 0.4) is 0 Å². The molecule has 0 saturated carbocycles. The number of rotatable bonds is 7. The highest BCUT2D eigenvalue weighted by atomic mass is 16.5. The van der Waals surface area contributed by atoms with E-state index in [-0.39, 0.29) is 6.10 Å². The van der Waals surface area contributed by atoms with E-state index in [1.807, 2.05) is 13.8 Å². The second-order valence-corrected chi connectivity index (χ2v) is 5.00. The number of aliphatic hydroxyl groups is 2. The molecule has 0 aromatic carbocycles. The summed E-state index contributed by atoms with van der Waals surface area (Å²) in [4.78, 5) is 0. The van der Waals surface area contributed by atoms with Gasteiger partial charge in [-0.05, 0) is 13.8 Å². The molecule has 0 aliphatic carbocycles. The minimum atomic E-state index is -0.684. The first-order valence-electron chi connectivity index (χ1n) is 6.32. The first-order chi connectivity index (χ1) is 8.02. The molecule has 5 heteroatoms. The SMILES string of the molecule is CC(C)OCC(O)CNCC1(O)CCOCC1. The van der Waals surface area contributed by atoms with E-state index in [2.05, 4.69) is 5.32 Å². The molecule has 1 rings (SSSR count). The van der Waals surface area contributed by atoms with E-state index in [1.54, 1.807) is 0 Å². The van der Waals surface area contributed by atoms with Gasteiger partial charge in [0, 0.05) is 39.1 Å². The molecule has 102 valence electrons. The van der Waals surface area contributed by atoms with Gasteiger partial charge in [-0.3, -0.25) is 0 Å². The molecule has 1 heterocycles. The van der Waals surface area contributed by atoms with E-state index in [4.69, 9.17) is 9.47 Å². The van der Waals surface area contributed by atoms with E-state index < -0.39 is 11.7 Å². The molecule has 0 radical (unpaired) electrons. The topological polar surface area (TPSA) is 71.0 Å². The highest BCUT2D eigenvalue weighted by Crippen LogP contribution is 2.19. The number of nitrogens with one attached hydrogen (secondary N) is 1. The Morgan fingerprint density at radius 1 is 1.35 bits per heavy atom. The minimum Gasteiger partial charge on any atom is -0.389 e. The fourth-order valence-corrected chi connectivity index (χ4v) is 1.76. The Bertz CT molecular complexity index is 205. The highest BCUT2D eigenvalue weighted by Gasteiger charge is 2.29. The quantitative estimate of drug-likeness (QED) is 0.586. The molecule has 1 aliphatic rings. The minimum absolute atomic E-state index is 0.129. The summed E-state index contributed by atoms with van der Waals surface area (Å²) in [6.07, 6.45) is 0.905. The maximum Gasteiger partial charge on any atom is 0.0897 e. The molecule has 1 fully saturated rings. The molecule has 1 aliphatic heterocycles. The second-order valence-electron chi connectivity index (χ2n) is 5.00. The van der Waals surface area contributed by atoms with Crippen molar-refractivity contribution in [2.75, 3.05) is 32.9 Å². The van der Waals surface area contributed by atoms with Crippen LogP contribution in [0.4, 0.5) is 0 Å². The molecule has 0 aromatic rings. The average molecular weight is 247 g/mol. The van der Waals surface area contributed by atoms with Gasteiger partial charge in [0.25, 0.3) is 0 Å². The van der Waals surface area contributed by atoms with Gasteiger partial charge >= 0.3 is 0 Å². The van der Waals surface area contributed by atoms with Crippen LogP contribution in [0.5, 0.6) is 0 Å². The molecular weight excluding hydrogens is 222 g/mol. The molecule has 0 spiro atoms. The Kier molecular flexibility index (Phi) is 6.37. The molecular formula is C12H25NO4. The summed E-state index contributed by atoms with van der Waals surface area (Å²) in [5.41, 5.74) is -0.684. The Morgan fingerprint density at radius 3 is 2.59 bits per heavy atom. The van der Waals surface area contributed by atoms with Gasteiger partial charge in [0.15, 0.2) is 0 Å². The van der Waals surface area contributed by atoms with Crippen LogP contribution in [0.25, 0.3) is 0 Å². The summed E-state index contributed by atoms with van der Waals surface area (Å²) in [7, 11) is 0. The van der Waals surface area contributed by atoms with E-state index in [0.29, 0.717) is 45.8 Å². The number of ether oxygens (including phenoxy) is 2. The van der Waals surface area contributed by atoms with Gasteiger partial charge in [0.05, 0.1) is 24.4 Å². The predicted octanol–water partition coefficient (Wildman–Crippen LogP) is -0.0966. The van der Waals surface area contributed by atoms with Crippen molar-refractivity contribution in [2.24, 2.45) is 0 Å². The maximum absolute atomic E-state index is 10.1. The fourth-order valence-electron chi connectivity index (χ4n) is 1.76. The van der Waals surface area contributed by atoms with Crippen molar-refractivity contribution in [3.8, 4) is 0 Å². The number of hydrogen-bond acceptors (Lipinski definition) is 5. The third-order valence-electron chi connectivity index (χ3n) is 2.88. The van der Waals surface area contributed by atoms with Crippen LogP contribution in [-0.2, 0) is 9.47 Å². The Labute approximate surface area is 103 Å². The lowest BCUT2D eigenvalue weighted by molar-refractivity contribution is -0.0636. The molecule has 3 N–H and O–H groups in total. The predicted molar refractivity (Wildman–Crippen MR) is 65.0 cm³/mol. The molecule has 1 unspecified atom stereocenters. The lowest BCUT2D eigenvalue weighted by atomic mass is 9.94. The van der Waals surface area contributed by atoms with Gasteiger partial charge in [-0.2, -0.15) is 0 Å². The van der Waals surface area contributed by atoms with Crippen LogP contribution >= 0.6 is 0 Å². The zero-order valence-corrected chi connectivity index (χ0v) is 10.8. The standard InChI is InChI=1S/C12H25NO4/c1-10(2)17-8-11(14)7-13-9-12(15)3-5-16-6-4-12/h10-11,13-15H,3-9H2,1-2H3. The first kappa shape index (κ1) is 14.9. The van der Waals surface area contributed by atoms with Crippen LogP contribution in [0.2, 0.25) is 0 Å². The number of aliphatic hydroxyl groups excluding tert-OH is 1. The van der Waals surface area contributed by atoms with Crippen molar-refractivity contribution >= 4 is 0 Å². The monoisotopic (exact) mass is 247 g/mol. The maximum atomic E-state index is 10.1. The van der Waals surface area contributed by atoms with Crippen LogP contribution < -0.4 is 5.32 Å². The third-order valence-corrected chi connectivity index (χ3v) is 2.88. The lowest BCUT2D eigenvalue weighted by Gasteiger charge is -2.32. The summed E-state index contributed by atoms with van der Waals surface area (Å²) in [6, 6.07) is 0.